The van der Waals surface area contributed by atoms with Crippen LogP contribution in [-0.2, 0) is 11.3 Å². The molecule has 1 fully saturated rings. The van der Waals surface area contributed by atoms with Gasteiger partial charge in [0, 0.05) is 25.3 Å². The van der Waals surface area contributed by atoms with Gasteiger partial charge in [0.2, 0.25) is 0 Å². The van der Waals surface area contributed by atoms with Gasteiger partial charge in [0.25, 0.3) is 0 Å². The number of nitrogens with one attached hydrogen (secondary N) is 1. The Morgan fingerprint density at radius 3 is 3.11 bits per heavy atom. The van der Waals surface area contributed by atoms with Gasteiger partial charge in [-0.15, -0.1) is 0 Å². The minimum Gasteiger partial charge on any atom is -0.508 e. The minimum absolute atomic E-state index is 0.312. The van der Waals surface area contributed by atoms with E-state index in [9.17, 15) is 5.11 Å². The lowest BCUT2D eigenvalue weighted by Gasteiger charge is -2.10. The maximum absolute atomic E-state index is 9.73. The third-order valence-electron chi connectivity index (χ3n) is 3.36. The van der Waals surface area contributed by atoms with Crippen LogP contribution in [0.25, 0.3) is 0 Å². The van der Waals surface area contributed by atoms with Crippen molar-refractivity contribution in [2.24, 2.45) is 5.92 Å². The molecule has 0 amide bonds. The Hall–Kier alpha value is -1.26. The summed E-state index contributed by atoms with van der Waals surface area (Å²) in [6.07, 6.45) is 2.30. The molecule has 1 heterocycles. The van der Waals surface area contributed by atoms with E-state index >= 15 is 0 Å². The first kappa shape index (κ1) is 13.2. The first-order chi connectivity index (χ1) is 8.79. The lowest BCUT2D eigenvalue weighted by molar-refractivity contribution is 0.184. The highest BCUT2D eigenvalue weighted by Gasteiger charge is 2.14. The van der Waals surface area contributed by atoms with E-state index in [-0.39, 0.29) is 0 Å². The van der Waals surface area contributed by atoms with E-state index in [1.165, 1.54) is 6.42 Å². The van der Waals surface area contributed by atoms with Crippen LogP contribution in [-0.4, -0.2) is 32.0 Å². The van der Waals surface area contributed by atoms with Gasteiger partial charge in [-0.3, -0.25) is 0 Å². The highest BCUT2D eigenvalue weighted by atomic mass is 16.5. The van der Waals surface area contributed by atoms with Crippen molar-refractivity contribution in [2.45, 2.75) is 19.4 Å². The zero-order chi connectivity index (χ0) is 12.8. The van der Waals surface area contributed by atoms with E-state index in [1.54, 1.807) is 19.2 Å². The topological polar surface area (TPSA) is 50.7 Å². The molecule has 0 aromatic heterocycles. The molecule has 1 aliphatic rings. The Morgan fingerprint density at radius 2 is 2.39 bits per heavy atom. The van der Waals surface area contributed by atoms with Gasteiger partial charge >= 0.3 is 0 Å². The van der Waals surface area contributed by atoms with E-state index in [2.05, 4.69) is 5.32 Å². The quantitative estimate of drug-likeness (QED) is 0.758. The molecule has 4 nitrogen and oxygen atoms in total. The fourth-order valence-corrected chi connectivity index (χ4v) is 2.17. The molecule has 1 saturated heterocycles. The van der Waals surface area contributed by atoms with Crippen molar-refractivity contribution in [3.05, 3.63) is 23.8 Å². The van der Waals surface area contributed by atoms with Crippen molar-refractivity contribution in [3.63, 3.8) is 0 Å². The highest BCUT2D eigenvalue weighted by Crippen LogP contribution is 2.22. The Balaban J connectivity index is 1.75. The van der Waals surface area contributed by atoms with Gasteiger partial charge in [-0.2, -0.15) is 0 Å². The number of hydrogen-bond acceptors (Lipinski definition) is 4. The smallest absolute Gasteiger partial charge is 0.120 e. The fraction of sp³-hybridized carbons (Fsp3) is 0.571. The second-order valence-corrected chi connectivity index (χ2v) is 4.69. The second-order valence-electron chi connectivity index (χ2n) is 4.69. The Labute approximate surface area is 108 Å². The van der Waals surface area contributed by atoms with Crippen molar-refractivity contribution in [3.8, 4) is 11.5 Å². The Bertz CT molecular complexity index is 375. The largest absolute Gasteiger partial charge is 0.508 e. The molecule has 0 saturated carbocycles. The number of phenolic OH excluding ortho intramolecular Hbond substituents is 1. The standard InChI is InChI=1S/C14H21NO3/c1-17-13-2-3-14(16)12(8-13)9-15-6-4-11-5-7-18-10-11/h2-3,8,11,15-16H,4-7,9-10H2,1H3. The molecular weight excluding hydrogens is 230 g/mol. The monoisotopic (exact) mass is 251 g/mol. The van der Waals surface area contributed by atoms with E-state index in [4.69, 9.17) is 9.47 Å². The zero-order valence-corrected chi connectivity index (χ0v) is 10.8. The van der Waals surface area contributed by atoms with E-state index in [1.807, 2.05) is 6.07 Å². The molecule has 2 N–H and O–H groups in total. The first-order valence-electron chi connectivity index (χ1n) is 6.44. The summed E-state index contributed by atoms with van der Waals surface area (Å²) in [6.45, 7) is 3.41. The number of ether oxygens (including phenoxy) is 2. The third kappa shape index (κ3) is 3.62. The van der Waals surface area contributed by atoms with Crippen molar-refractivity contribution in [2.75, 3.05) is 26.9 Å². The maximum Gasteiger partial charge on any atom is 0.120 e. The number of phenols is 1. The van der Waals surface area contributed by atoms with E-state index in [0.717, 1.165) is 37.5 Å². The molecule has 1 aromatic carbocycles. The summed E-state index contributed by atoms with van der Waals surface area (Å²) in [5.41, 5.74) is 0.872. The van der Waals surface area contributed by atoms with Crippen molar-refractivity contribution in [1.29, 1.82) is 0 Å². The van der Waals surface area contributed by atoms with Gasteiger partial charge in [-0.05, 0) is 43.5 Å². The Kier molecular flexibility index (Phi) is 4.84. The van der Waals surface area contributed by atoms with E-state index < -0.39 is 0 Å². The van der Waals surface area contributed by atoms with Crippen LogP contribution in [0, 0.1) is 5.92 Å². The average molecular weight is 251 g/mol. The van der Waals surface area contributed by atoms with Crippen LogP contribution in [0.2, 0.25) is 0 Å². The van der Waals surface area contributed by atoms with Gasteiger partial charge in [-0.1, -0.05) is 0 Å². The lowest BCUT2D eigenvalue weighted by Crippen LogP contribution is -2.18. The van der Waals surface area contributed by atoms with Crippen LogP contribution < -0.4 is 10.1 Å². The van der Waals surface area contributed by atoms with Crippen LogP contribution >= 0.6 is 0 Å². The molecule has 0 spiro atoms. The molecule has 0 aliphatic carbocycles. The zero-order valence-electron chi connectivity index (χ0n) is 10.8. The highest BCUT2D eigenvalue weighted by molar-refractivity contribution is 5.39. The van der Waals surface area contributed by atoms with Crippen molar-refractivity contribution in [1.82, 2.24) is 5.32 Å². The predicted molar refractivity (Wildman–Crippen MR) is 69.9 cm³/mol. The summed E-state index contributed by atoms with van der Waals surface area (Å²) in [4.78, 5) is 0. The molecule has 1 aromatic rings. The van der Waals surface area contributed by atoms with Crippen LogP contribution in [0.4, 0.5) is 0 Å². The third-order valence-corrected chi connectivity index (χ3v) is 3.36. The van der Waals surface area contributed by atoms with Crippen LogP contribution in [0.5, 0.6) is 11.5 Å². The molecule has 1 unspecified atom stereocenters. The molecule has 0 bridgehead atoms. The number of methoxy groups -OCH3 is 1. The molecule has 18 heavy (non-hydrogen) atoms. The summed E-state index contributed by atoms with van der Waals surface area (Å²) < 4.78 is 10.5. The van der Waals surface area contributed by atoms with E-state index in [0.29, 0.717) is 18.2 Å². The van der Waals surface area contributed by atoms with Gasteiger partial charge in [-0.25, -0.2) is 0 Å². The molecule has 4 heteroatoms. The summed E-state index contributed by atoms with van der Waals surface area (Å²) in [5.74, 6) is 1.78. The molecule has 2 rings (SSSR count). The number of benzene rings is 1. The minimum atomic E-state index is 0.312. The lowest BCUT2D eigenvalue weighted by atomic mass is 10.1. The van der Waals surface area contributed by atoms with Gasteiger partial charge in [0.15, 0.2) is 0 Å². The fourth-order valence-electron chi connectivity index (χ4n) is 2.17. The first-order valence-corrected chi connectivity index (χ1v) is 6.44. The van der Waals surface area contributed by atoms with Crippen LogP contribution in [0.1, 0.15) is 18.4 Å². The molecule has 0 radical (unpaired) electrons. The number of aromatic hydroxyl groups is 1. The summed E-state index contributed by atoms with van der Waals surface area (Å²) in [7, 11) is 1.63. The number of rotatable bonds is 6. The van der Waals surface area contributed by atoms with Crippen molar-refractivity contribution >= 4 is 0 Å². The average Bonchev–Trinajstić information content (AvgIpc) is 2.89. The summed E-state index contributed by atoms with van der Waals surface area (Å²) >= 11 is 0. The predicted octanol–water partition coefficient (Wildman–Crippen LogP) is 1.92. The maximum atomic E-state index is 9.73. The second kappa shape index (κ2) is 6.61. The van der Waals surface area contributed by atoms with Gasteiger partial charge in [0.05, 0.1) is 7.11 Å². The van der Waals surface area contributed by atoms with Gasteiger partial charge in [0.1, 0.15) is 11.5 Å². The molecular formula is C14H21NO3. The normalized spacial score (nSPS) is 19.1. The SMILES string of the molecule is COc1ccc(O)c(CNCCC2CCOC2)c1. The number of hydrogen-bond donors (Lipinski definition) is 2. The summed E-state index contributed by atoms with van der Waals surface area (Å²) in [5, 5.41) is 13.1. The summed E-state index contributed by atoms with van der Waals surface area (Å²) in [6, 6.07) is 5.29. The molecule has 100 valence electrons. The Morgan fingerprint density at radius 1 is 1.50 bits per heavy atom. The molecule has 1 atom stereocenters. The van der Waals surface area contributed by atoms with Crippen LogP contribution in [0.15, 0.2) is 18.2 Å². The van der Waals surface area contributed by atoms with Crippen molar-refractivity contribution < 1.29 is 14.6 Å². The van der Waals surface area contributed by atoms with Gasteiger partial charge < -0.3 is 19.9 Å². The molecule has 1 aliphatic heterocycles. The van der Waals surface area contributed by atoms with Crippen LogP contribution in [0.3, 0.4) is 0 Å².